The van der Waals surface area contributed by atoms with Crippen LogP contribution in [0.3, 0.4) is 0 Å². The lowest BCUT2D eigenvalue weighted by molar-refractivity contribution is -0.139. The molecule has 1 atom stereocenters. The largest absolute Gasteiger partial charge is 0.497 e. The summed E-state index contributed by atoms with van der Waals surface area (Å²) in [6, 6.07) is 17.8. The number of esters is 1. The molecule has 1 aliphatic rings. The number of carbonyl (C=O) groups excluding carboxylic acids is 1. The molecule has 8 nitrogen and oxygen atoms in total. The van der Waals surface area contributed by atoms with Crippen molar-refractivity contribution in [2.45, 2.75) is 26.5 Å². The summed E-state index contributed by atoms with van der Waals surface area (Å²) < 4.78 is 25.3. The standard InChI is InChI=1S/C32H28ClIN2O6S/c1-5-41-31(38)27-18(2)35-32-36(28(27)20-10-12-22(39-3)13-11-20)30(37)26(43-32)16-19-14-24(34)29(25(15-19)40-4)42-17-21-8-6-7-9-23(21)33/h6-16,28H,5,17H2,1-4H3/b26-16-. The predicted octanol–water partition coefficient (Wildman–Crippen LogP) is 5.65. The summed E-state index contributed by atoms with van der Waals surface area (Å²) >= 11 is 9.74. The van der Waals surface area contributed by atoms with Gasteiger partial charge in [0, 0.05) is 10.6 Å². The second kappa shape index (κ2) is 13.4. The highest BCUT2D eigenvalue weighted by molar-refractivity contribution is 14.1. The zero-order chi connectivity index (χ0) is 30.7. The molecule has 5 rings (SSSR count). The molecular formula is C32H28ClIN2O6S. The molecule has 2 heterocycles. The van der Waals surface area contributed by atoms with Crippen LogP contribution in [0.4, 0.5) is 0 Å². The summed E-state index contributed by atoms with van der Waals surface area (Å²) in [5, 5.41) is 0.623. The number of carbonyl (C=O) groups is 1. The van der Waals surface area contributed by atoms with Crippen LogP contribution in [0.5, 0.6) is 17.2 Å². The Labute approximate surface area is 271 Å². The molecule has 0 spiro atoms. The number of thiazole rings is 1. The van der Waals surface area contributed by atoms with Crippen molar-refractivity contribution >= 4 is 57.6 Å². The maximum Gasteiger partial charge on any atom is 0.338 e. The zero-order valence-electron chi connectivity index (χ0n) is 23.9. The molecule has 1 aromatic heterocycles. The Hall–Kier alpha value is -3.61. The molecule has 3 aromatic carbocycles. The minimum atomic E-state index is -0.710. The van der Waals surface area contributed by atoms with E-state index in [4.69, 9.17) is 30.5 Å². The molecule has 0 fully saturated rings. The summed E-state index contributed by atoms with van der Waals surface area (Å²) in [6.45, 7) is 3.98. The van der Waals surface area contributed by atoms with Gasteiger partial charge in [-0.05, 0) is 84.0 Å². The van der Waals surface area contributed by atoms with Gasteiger partial charge in [-0.25, -0.2) is 9.79 Å². The van der Waals surface area contributed by atoms with Crippen LogP contribution in [0.2, 0.25) is 5.02 Å². The SMILES string of the molecule is CCOC(=O)C1=C(C)N=c2s/c(=C\c3cc(I)c(OCc4ccccc4Cl)c(OC)c3)c(=O)n2C1c1ccc(OC)cc1. The maximum absolute atomic E-state index is 14.0. The first-order valence-electron chi connectivity index (χ1n) is 13.3. The average Bonchev–Trinajstić information content (AvgIpc) is 3.30. The second-order valence-electron chi connectivity index (χ2n) is 9.49. The van der Waals surface area contributed by atoms with Crippen LogP contribution in [-0.2, 0) is 16.1 Å². The minimum absolute atomic E-state index is 0.202. The molecule has 0 bridgehead atoms. The summed E-state index contributed by atoms with van der Waals surface area (Å²) in [5.41, 5.74) is 2.90. The molecule has 0 radical (unpaired) electrons. The molecule has 4 aromatic rings. The fourth-order valence-electron chi connectivity index (χ4n) is 4.77. The molecule has 0 N–H and O–H groups in total. The van der Waals surface area contributed by atoms with Gasteiger partial charge in [-0.15, -0.1) is 0 Å². The number of aromatic nitrogens is 1. The van der Waals surface area contributed by atoms with Gasteiger partial charge in [0.25, 0.3) is 5.56 Å². The maximum atomic E-state index is 14.0. The molecule has 1 unspecified atom stereocenters. The second-order valence-corrected chi connectivity index (χ2v) is 12.1. The highest BCUT2D eigenvalue weighted by Gasteiger charge is 2.33. The van der Waals surface area contributed by atoms with Gasteiger partial charge in [-0.3, -0.25) is 9.36 Å². The van der Waals surface area contributed by atoms with Gasteiger partial charge in [-0.2, -0.15) is 0 Å². The average molecular weight is 731 g/mol. The number of methoxy groups -OCH3 is 2. The van der Waals surface area contributed by atoms with E-state index in [1.165, 1.54) is 11.3 Å². The minimum Gasteiger partial charge on any atom is -0.497 e. The quantitative estimate of drug-likeness (QED) is 0.164. The van der Waals surface area contributed by atoms with Gasteiger partial charge in [-0.1, -0.05) is 53.3 Å². The Bertz CT molecular complexity index is 1900. The summed E-state index contributed by atoms with van der Waals surface area (Å²) in [4.78, 5) is 32.2. The van der Waals surface area contributed by atoms with Crippen LogP contribution in [0.25, 0.3) is 6.08 Å². The predicted molar refractivity (Wildman–Crippen MR) is 175 cm³/mol. The highest BCUT2D eigenvalue weighted by Crippen LogP contribution is 2.35. The van der Waals surface area contributed by atoms with Gasteiger partial charge in [0.05, 0.1) is 46.2 Å². The highest BCUT2D eigenvalue weighted by atomic mass is 127. The number of hydrogen-bond donors (Lipinski definition) is 0. The van der Waals surface area contributed by atoms with Gasteiger partial charge >= 0.3 is 5.97 Å². The van der Waals surface area contributed by atoms with E-state index in [1.807, 2.05) is 48.5 Å². The third-order valence-electron chi connectivity index (χ3n) is 6.83. The Morgan fingerprint density at radius 3 is 2.53 bits per heavy atom. The van der Waals surface area contributed by atoms with Crippen molar-refractivity contribution in [3.05, 3.63) is 117 Å². The lowest BCUT2D eigenvalue weighted by atomic mass is 9.96. The van der Waals surface area contributed by atoms with Crippen molar-refractivity contribution in [2.75, 3.05) is 20.8 Å². The molecule has 43 heavy (non-hydrogen) atoms. The number of halogens is 2. The first-order chi connectivity index (χ1) is 20.7. The normalized spacial score (nSPS) is 14.7. The van der Waals surface area contributed by atoms with Crippen LogP contribution in [0.15, 0.2) is 81.7 Å². The van der Waals surface area contributed by atoms with E-state index >= 15 is 0 Å². The third kappa shape index (κ3) is 6.36. The van der Waals surface area contributed by atoms with E-state index in [0.717, 1.165) is 20.3 Å². The molecule has 0 saturated heterocycles. The van der Waals surface area contributed by atoms with E-state index in [0.29, 0.717) is 42.9 Å². The number of allylic oxidation sites excluding steroid dienone is 1. The number of benzene rings is 3. The van der Waals surface area contributed by atoms with Crippen molar-refractivity contribution < 1.29 is 23.7 Å². The van der Waals surface area contributed by atoms with Gasteiger partial charge in [0.15, 0.2) is 16.3 Å². The van der Waals surface area contributed by atoms with Crippen LogP contribution >= 0.6 is 45.5 Å². The van der Waals surface area contributed by atoms with Crippen molar-refractivity contribution in [2.24, 2.45) is 4.99 Å². The zero-order valence-corrected chi connectivity index (χ0v) is 27.6. The molecule has 0 amide bonds. The summed E-state index contributed by atoms with van der Waals surface area (Å²) in [6.07, 6.45) is 1.79. The first kappa shape index (κ1) is 30.8. The Morgan fingerprint density at radius 1 is 1.12 bits per heavy atom. The third-order valence-corrected chi connectivity index (χ3v) is 8.98. The van der Waals surface area contributed by atoms with Crippen molar-refractivity contribution in [3.8, 4) is 17.2 Å². The van der Waals surface area contributed by atoms with E-state index < -0.39 is 12.0 Å². The molecular weight excluding hydrogens is 703 g/mol. The fraction of sp³-hybridized carbons (Fsp3) is 0.219. The lowest BCUT2D eigenvalue weighted by Crippen LogP contribution is -2.39. The Kier molecular flexibility index (Phi) is 9.58. The van der Waals surface area contributed by atoms with Gasteiger partial charge in [0.2, 0.25) is 0 Å². The lowest BCUT2D eigenvalue weighted by Gasteiger charge is -2.24. The van der Waals surface area contributed by atoms with E-state index in [2.05, 4.69) is 27.6 Å². The molecule has 222 valence electrons. The number of fused-ring (bicyclic) bond motifs is 1. The number of hydrogen-bond acceptors (Lipinski definition) is 8. The van der Waals surface area contributed by atoms with E-state index in [9.17, 15) is 9.59 Å². The van der Waals surface area contributed by atoms with Crippen molar-refractivity contribution in [1.29, 1.82) is 0 Å². The smallest absolute Gasteiger partial charge is 0.338 e. The van der Waals surface area contributed by atoms with Gasteiger partial charge < -0.3 is 18.9 Å². The molecule has 11 heteroatoms. The monoisotopic (exact) mass is 730 g/mol. The van der Waals surface area contributed by atoms with E-state index in [1.54, 1.807) is 50.8 Å². The summed E-state index contributed by atoms with van der Waals surface area (Å²) in [7, 11) is 3.15. The van der Waals surface area contributed by atoms with Crippen LogP contribution < -0.4 is 29.1 Å². The van der Waals surface area contributed by atoms with Gasteiger partial charge in [0.1, 0.15) is 12.4 Å². The van der Waals surface area contributed by atoms with E-state index in [-0.39, 0.29) is 18.8 Å². The van der Waals surface area contributed by atoms with Crippen molar-refractivity contribution in [1.82, 2.24) is 4.57 Å². The molecule has 0 saturated carbocycles. The van der Waals surface area contributed by atoms with Crippen LogP contribution in [0.1, 0.15) is 36.6 Å². The van der Waals surface area contributed by atoms with Crippen LogP contribution in [0, 0.1) is 3.57 Å². The van der Waals surface area contributed by atoms with Crippen molar-refractivity contribution in [3.63, 3.8) is 0 Å². The summed E-state index contributed by atoms with van der Waals surface area (Å²) in [5.74, 6) is 1.26. The Morgan fingerprint density at radius 2 is 1.86 bits per heavy atom. The Balaban J connectivity index is 1.58. The first-order valence-corrected chi connectivity index (χ1v) is 15.6. The number of ether oxygens (including phenoxy) is 4. The topological polar surface area (TPSA) is 88.4 Å². The van der Waals surface area contributed by atoms with Crippen LogP contribution in [-0.4, -0.2) is 31.4 Å². The fourth-order valence-corrected chi connectivity index (χ4v) is 6.79. The number of rotatable bonds is 9. The molecule has 1 aliphatic heterocycles. The number of nitrogens with zero attached hydrogens (tertiary/aromatic N) is 2. The molecule has 0 aliphatic carbocycles.